The third-order valence-electron chi connectivity index (χ3n) is 4.70. The minimum absolute atomic E-state index is 0.161. The van der Waals surface area contributed by atoms with E-state index in [0.717, 1.165) is 11.1 Å². The first-order valence-electron chi connectivity index (χ1n) is 9.33. The molecule has 2 unspecified atom stereocenters. The maximum atomic E-state index is 11.6. The summed E-state index contributed by atoms with van der Waals surface area (Å²) in [6.45, 7) is 0.473. The molecule has 3 rings (SSSR count). The zero-order valence-electron chi connectivity index (χ0n) is 15.6. The van der Waals surface area contributed by atoms with Crippen molar-refractivity contribution in [3.8, 4) is 5.75 Å². The van der Waals surface area contributed by atoms with Crippen LogP contribution in [0.5, 0.6) is 5.75 Å². The summed E-state index contributed by atoms with van der Waals surface area (Å²) in [7, 11) is 0. The van der Waals surface area contributed by atoms with Crippen LogP contribution in [-0.2, 0) is 17.8 Å². The Morgan fingerprint density at radius 3 is 1.96 bits per heavy atom. The molecule has 0 radical (unpaired) electrons. The van der Waals surface area contributed by atoms with Crippen LogP contribution >= 0.6 is 0 Å². The van der Waals surface area contributed by atoms with Gasteiger partial charge in [-0.3, -0.25) is 4.79 Å². The number of aliphatic hydroxyl groups excluding tert-OH is 1. The molecule has 4 heteroatoms. The van der Waals surface area contributed by atoms with Gasteiger partial charge in [0.2, 0.25) is 0 Å². The van der Waals surface area contributed by atoms with E-state index < -0.39 is 18.0 Å². The van der Waals surface area contributed by atoms with Gasteiger partial charge in [-0.25, -0.2) is 0 Å². The first-order valence-corrected chi connectivity index (χ1v) is 9.33. The van der Waals surface area contributed by atoms with Gasteiger partial charge in [0.15, 0.2) is 0 Å². The number of benzene rings is 3. The number of hydrogen-bond acceptors (Lipinski definition) is 3. The Balaban J connectivity index is 1.58. The van der Waals surface area contributed by atoms with Crippen molar-refractivity contribution >= 4 is 5.97 Å². The second kappa shape index (κ2) is 9.72. The Morgan fingerprint density at radius 2 is 1.39 bits per heavy atom. The van der Waals surface area contributed by atoms with Crippen molar-refractivity contribution in [1.82, 2.24) is 0 Å². The van der Waals surface area contributed by atoms with Crippen LogP contribution in [0.3, 0.4) is 0 Å². The van der Waals surface area contributed by atoms with Crippen molar-refractivity contribution < 1.29 is 19.7 Å². The quantitative estimate of drug-likeness (QED) is 0.571. The second-order valence-electron chi connectivity index (χ2n) is 6.82. The Kier molecular flexibility index (Phi) is 6.82. The van der Waals surface area contributed by atoms with Crippen LogP contribution in [-0.4, -0.2) is 16.2 Å². The predicted molar refractivity (Wildman–Crippen MR) is 108 cm³/mol. The van der Waals surface area contributed by atoms with Crippen LogP contribution in [0, 0.1) is 5.92 Å². The average Bonchev–Trinajstić information content (AvgIpc) is 2.73. The number of aliphatic carboxylic acids is 1. The number of carboxylic acid groups (broad SMARTS) is 1. The third kappa shape index (κ3) is 5.69. The lowest BCUT2D eigenvalue weighted by Gasteiger charge is -2.18. The zero-order valence-corrected chi connectivity index (χ0v) is 15.6. The number of ether oxygens (including phenoxy) is 1. The van der Waals surface area contributed by atoms with Crippen molar-refractivity contribution in [2.75, 3.05) is 0 Å². The molecule has 3 aromatic carbocycles. The maximum Gasteiger partial charge on any atom is 0.306 e. The van der Waals surface area contributed by atoms with Gasteiger partial charge in [0.05, 0.1) is 12.0 Å². The summed E-state index contributed by atoms with van der Waals surface area (Å²) >= 11 is 0. The minimum atomic E-state index is -0.897. The highest BCUT2D eigenvalue weighted by Gasteiger charge is 2.22. The molecule has 144 valence electrons. The molecule has 0 fully saturated rings. The van der Waals surface area contributed by atoms with Crippen molar-refractivity contribution in [2.24, 2.45) is 5.92 Å². The monoisotopic (exact) mass is 376 g/mol. The van der Waals surface area contributed by atoms with E-state index in [1.165, 1.54) is 0 Å². The molecule has 0 aliphatic rings. The molecule has 0 saturated carbocycles. The second-order valence-corrected chi connectivity index (χ2v) is 6.82. The molecule has 0 aromatic heterocycles. The molecule has 28 heavy (non-hydrogen) atoms. The predicted octanol–water partition coefficient (Wildman–Crippen LogP) is 4.63. The maximum absolute atomic E-state index is 11.6. The molecule has 0 amide bonds. The Labute approximate surface area is 165 Å². The molecular weight excluding hydrogens is 352 g/mol. The van der Waals surface area contributed by atoms with Crippen molar-refractivity contribution in [1.29, 1.82) is 0 Å². The van der Waals surface area contributed by atoms with Gasteiger partial charge in [-0.2, -0.15) is 0 Å². The van der Waals surface area contributed by atoms with E-state index in [4.69, 9.17) is 4.74 Å². The van der Waals surface area contributed by atoms with E-state index in [9.17, 15) is 15.0 Å². The minimum Gasteiger partial charge on any atom is -0.489 e. The van der Waals surface area contributed by atoms with Gasteiger partial charge in [0.1, 0.15) is 12.4 Å². The molecular formula is C24H24O4. The van der Waals surface area contributed by atoms with E-state index >= 15 is 0 Å². The Hall–Kier alpha value is -3.11. The molecule has 0 bridgehead atoms. The fourth-order valence-electron chi connectivity index (χ4n) is 3.10. The van der Waals surface area contributed by atoms with Crippen molar-refractivity contribution in [3.05, 3.63) is 102 Å². The topological polar surface area (TPSA) is 66.8 Å². The van der Waals surface area contributed by atoms with Gasteiger partial charge < -0.3 is 14.9 Å². The highest BCUT2D eigenvalue weighted by Crippen LogP contribution is 2.26. The Bertz CT molecular complexity index is 860. The molecule has 3 aromatic rings. The lowest BCUT2D eigenvalue weighted by atomic mass is 9.91. The fraction of sp³-hybridized carbons (Fsp3) is 0.208. The molecule has 0 heterocycles. The number of aliphatic hydroxyl groups is 1. The molecule has 0 spiro atoms. The lowest BCUT2D eigenvalue weighted by Crippen LogP contribution is -2.19. The SMILES string of the molecule is O=C(O)C(Cc1ccccc1)CC(O)c1ccc(OCc2ccccc2)cc1. The van der Waals surface area contributed by atoms with Gasteiger partial charge >= 0.3 is 5.97 Å². The summed E-state index contributed by atoms with van der Waals surface area (Å²) < 4.78 is 5.75. The first-order chi connectivity index (χ1) is 13.6. The zero-order chi connectivity index (χ0) is 19.8. The third-order valence-corrected chi connectivity index (χ3v) is 4.70. The normalized spacial score (nSPS) is 12.9. The van der Waals surface area contributed by atoms with E-state index in [1.807, 2.05) is 60.7 Å². The van der Waals surface area contributed by atoms with Crippen molar-refractivity contribution in [2.45, 2.75) is 25.6 Å². The average molecular weight is 376 g/mol. The summed E-state index contributed by atoms with van der Waals surface area (Å²) in [5.41, 5.74) is 2.72. The van der Waals surface area contributed by atoms with E-state index in [2.05, 4.69) is 0 Å². The van der Waals surface area contributed by atoms with E-state index in [0.29, 0.717) is 24.3 Å². The molecule has 2 N–H and O–H groups in total. The highest BCUT2D eigenvalue weighted by atomic mass is 16.5. The molecule has 0 aliphatic heterocycles. The molecule has 4 nitrogen and oxygen atoms in total. The number of carbonyl (C=O) groups is 1. The van der Waals surface area contributed by atoms with Crippen LogP contribution in [0.25, 0.3) is 0 Å². The largest absolute Gasteiger partial charge is 0.489 e. The van der Waals surface area contributed by atoms with E-state index in [-0.39, 0.29) is 6.42 Å². The number of carboxylic acids is 1. The van der Waals surface area contributed by atoms with Gasteiger partial charge in [-0.15, -0.1) is 0 Å². The van der Waals surface area contributed by atoms with Crippen LogP contribution in [0.1, 0.15) is 29.2 Å². The fourth-order valence-corrected chi connectivity index (χ4v) is 3.10. The summed E-state index contributed by atoms with van der Waals surface area (Å²) in [5.74, 6) is -0.837. The van der Waals surface area contributed by atoms with Gasteiger partial charge in [0, 0.05) is 0 Å². The summed E-state index contributed by atoms with van der Waals surface area (Å²) in [5, 5.41) is 20.0. The Morgan fingerprint density at radius 1 is 0.821 bits per heavy atom. The van der Waals surface area contributed by atoms with Gasteiger partial charge in [-0.1, -0.05) is 72.8 Å². The number of rotatable bonds is 9. The highest BCUT2D eigenvalue weighted by molar-refractivity contribution is 5.70. The smallest absolute Gasteiger partial charge is 0.306 e. The summed E-state index contributed by atoms with van der Waals surface area (Å²) in [6.07, 6.45) is -0.284. The molecule has 2 atom stereocenters. The summed E-state index contributed by atoms with van der Waals surface area (Å²) in [4.78, 5) is 11.6. The van der Waals surface area contributed by atoms with Gasteiger partial charge in [-0.05, 0) is 41.7 Å². The van der Waals surface area contributed by atoms with Crippen LogP contribution in [0.15, 0.2) is 84.9 Å². The standard InChI is InChI=1S/C24H24O4/c25-23(16-21(24(26)27)15-18-7-3-1-4-8-18)20-11-13-22(14-12-20)28-17-19-9-5-2-6-10-19/h1-14,21,23,25H,15-17H2,(H,26,27). The number of hydrogen-bond donors (Lipinski definition) is 2. The molecule has 0 aliphatic carbocycles. The van der Waals surface area contributed by atoms with Crippen molar-refractivity contribution in [3.63, 3.8) is 0 Å². The summed E-state index contributed by atoms with van der Waals surface area (Å²) in [6, 6.07) is 26.5. The van der Waals surface area contributed by atoms with Crippen LogP contribution in [0.2, 0.25) is 0 Å². The van der Waals surface area contributed by atoms with E-state index in [1.54, 1.807) is 24.3 Å². The van der Waals surface area contributed by atoms with Crippen LogP contribution < -0.4 is 4.74 Å². The van der Waals surface area contributed by atoms with Crippen LogP contribution in [0.4, 0.5) is 0 Å². The molecule has 0 saturated heterocycles. The lowest BCUT2D eigenvalue weighted by molar-refractivity contribution is -0.142. The van der Waals surface area contributed by atoms with Gasteiger partial charge in [0.25, 0.3) is 0 Å². The first kappa shape index (κ1) is 19.6.